The summed E-state index contributed by atoms with van der Waals surface area (Å²) in [6.07, 6.45) is 1.36. The van der Waals surface area contributed by atoms with Crippen molar-refractivity contribution in [2.75, 3.05) is 6.61 Å². The molecule has 4 heteroatoms. The van der Waals surface area contributed by atoms with Crippen LogP contribution in [0.2, 0.25) is 0 Å². The molecule has 0 fully saturated rings. The molecule has 1 N–H and O–H groups in total. The molecule has 0 saturated heterocycles. The van der Waals surface area contributed by atoms with Gasteiger partial charge in [-0.2, -0.15) is 0 Å². The maximum atomic E-state index is 11.9. The molecule has 0 aliphatic heterocycles. The number of esters is 1. The summed E-state index contributed by atoms with van der Waals surface area (Å²) in [5.41, 5.74) is 0.281. The van der Waals surface area contributed by atoms with Crippen LogP contribution in [0.3, 0.4) is 0 Å². The lowest BCUT2D eigenvalue weighted by molar-refractivity contribution is 0.0524. The largest absolute Gasteiger partial charge is 0.462 e. The van der Waals surface area contributed by atoms with Gasteiger partial charge >= 0.3 is 5.97 Å². The Balaban J connectivity index is 2.61. The van der Waals surface area contributed by atoms with Gasteiger partial charge in [-0.05, 0) is 6.92 Å². The van der Waals surface area contributed by atoms with E-state index in [1.807, 2.05) is 0 Å². The van der Waals surface area contributed by atoms with Gasteiger partial charge in [0.15, 0.2) is 0 Å². The van der Waals surface area contributed by atoms with Gasteiger partial charge in [-0.3, -0.25) is 4.79 Å². The standard InChI is InChI=1S/C12H9NO3/c1-2-16-12(15)9-7-13-10-6-4-3-5-8(10)11(9)14/h5-7H,2H2,1H3,(H,13,14). The van der Waals surface area contributed by atoms with Crippen molar-refractivity contribution >= 4 is 16.9 Å². The van der Waals surface area contributed by atoms with Crippen LogP contribution in [0.15, 0.2) is 23.1 Å². The monoisotopic (exact) mass is 215 g/mol. The van der Waals surface area contributed by atoms with Crippen LogP contribution in [0, 0.1) is 12.1 Å². The topological polar surface area (TPSA) is 59.2 Å². The van der Waals surface area contributed by atoms with Gasteiger partial charge in [-0.25, -0.2) is 4.79 Å². The molecule has 1 aromatic heterocycles. The minimum Gasteiger partial charge on any atom is -0.462 e. The number of nitrogens with one attached hydrogen (secondary N) is 1. The van der Waals surface area contributed by atoms with Crippen LogP contribution in [0.1, 0.15) is 17.3 Å². The molecule has 4 nitrogen and oxygen atoms in total. The summed E-state index contributed by atoms with van der Waals surface area (Å²) in [5.74, 6) is -0.613. The van der Waals surface area contributed by atoms with Crippen LogP contribution in [-0.2, 0) is 4.74 Å². The third-order valence-corrected chi connectivity index (χ3v) is 2.16. The van der Waals surface area contributed by atoms with Crippen molar-refractivity contribution in [3.05, 3.63) is 46.2 Å². The predicted octanol–water partition coefficient (Wildman–Crippen LogP) is 1.31. The highest BCUT2D eigenvalue weighted by Gasteiger charge is 2.13. The van der Waals surface area contributed by atoms with Gasteiger partial charge in [-0.1, -0.05) is 12.1 Å². The van der Waals surface area contributed by atoms with E-state index in [9.17, 15) is 9.59 Å². The smallest absolute Gasteiger partial charge is 0.343 e. The predicted molar refractivity (Wildman–Crippen MR) is 58.2 cm³/mol. The molecule has 0 radical (unpaired) electrons. The van der Waals surface area contributed by atoms with E-state index in [-0.39, 0.29) is 17.6 Å². The Morgan fingerprint density at radius 3 is 2.94 bits per heavy atom. The number of aromatic amines is 1. The number of fused-ring (bicyclic) bond motifs is 1. The first-order valence-corrected chi connectivity index (χ1v) is 4.84. The van der Waals surface area contributed by atoms with E-state index >= 15 is 0 Å². The maximum Gasteiger partial charge on any atom is 0.343 e. The first-order valence-electron chi connectivity index (χ1n) is 4.84. The minimum absolute atomic E-state index is 0.00829. The molecule has 0 amide bonds. The highest BCUT2D eigenvalue weighted by atomic mass is 16.5. The van der Waals surface area contributed by atoms with E-state index in [4.69, 9.17) is 4.74 Å². The van der Waals surface area contributed by atoms with Crippen LogP contribution in [0.4, 0.5) is 0 Å². The number of hydrogen-bond donors (Lipinski definition) is 1. The lowest BCUT2D eigenvalue weighted by Crippen LogP contribution is -2.17. The molecule has 80 valence electrons. The summed E-state index contributed by atoms with van der Waals surface area (Å²) >= 11 is 0. The summed E-state index contributed by atoms with van der Waals surface area (Å²) < 4.78 is 4.78. The molecule has 2 rings (SSSR count). The van der Waals surface area contributed by atoms with Gasteiger partial charge in [0.2, 0.25) is 5.43 Å². The second-order valence-corrected chi connectivity index (χ2v) is 3.16. The average molecular weight is 215 g/mol. The molecule has 0 saturated carbocycles. The highest BCUT2D eigenvalue weighted by molar-refractivity contribution is 5.93. The van der Waals surface area contributed by atoms with E-state index in [2.05, 4.69) is 17.1 Å². The molecule has 0 aliphatic carbocycles. The third-order valence-electron chi connectivity index (χ3n) is 2.16. The number of H-pyrrole nitrogens is 1. The molecular weight excluding hydrogens is 206 g/mol. The van der Waals surface area contributed by atoms with Crippen LogP contribution in [0.25, 0.3) is 10.9 Å². The fraction of sp³-hybridized carbons (Fsp3) is 0.167. The first kappa shape index (κ1) is 10.2. The Bertz CT molecular complexity index is 586. The van der Waals surface area contributed by atoms with Crippen molar-refractivity contribution in [1.29, 1.82) is 0 Å². The summed E-state index contributed by atoms with van der Waals surface area (Å²) in [5, 5.41) is 0.407. The van der Waals surface area contributed by atoms with E-state index in [0.717, 1.165) is 0 Å². The summed E-state index contributed by atoms with van der Waals surface area (Å²) in [6, 6.07) is 8.50. The third kappa shape index (κ3) is 1.63. The molecule has 16 heavy (non-hydrogen) atoms. The zero-order valence-electron chi connectivity index (χ0n) is 8.66. The zero-order chi connectivity index (χ0) is 11.5. The van der Waals surface area contributed by atoms with Crippen LogP contribution >= 0.6 is 0 Å². The molecule has 0 aliphatic rings. The number of ether oxygens (including phenoxy) is 1. The Labute approximate surface area is 91.9 Å². The summed E-state index contributed by atoms with van der Waals surface area (Å²) in [7, 11) is 0. The van der Waals surface area contributed by atoms with Gasteiger partial charge in [0.05, 0.1) is 17.5 Å². The van der Waals surface area contributed by atoms with Crippen LogP contribution in [-0.4, -0.2) is 17.6 Å². The van der Waals surface area contributed by atoms with Crippen molar-refractivity contribution < 1.29 is 9.53 Å². The fourth-order valence-electron chi connectivity index (χ4n) is 1.41. The Morgan fingerprint density at radius 1 is 1.44 bits per heavy atom. The van der Waals surface area contributed by atoms with Gasteiger partial charge in [0.1, 0.15) is 5.56 Å². The Kier molecular flexibility index (Phi) is 2.61. The second kappa shape index (κ2) is 4.07. The van der Waals surface area contributed by atoms with Crippen LogP contribution < -0.4 is 5.43 Å². The van der Waals surface area contributed by atoms with Crippen molar-refractivity contribution in [2.45, 2.75) is 6.92 Å². The quantitative estimate of drug-likeness (QED) is 0.768. The van der Waals surface area contributed by atoms with Gasteiger partial charge in [0.25, 0.3) is 0 Å². The SMILES string of the molecule is CCOC(=O)c1c[nH]c2cc#ccc2c1=O. The number of rotatable bonds is 2. The van der Waals surface area contributed by atoms with Crippen molar-refractivity contribution in [2.24, 2.45) is 0 Å². The Hall–Kier alpha value is -2.28. The van der Waals surface area contributed by atoms with E-state index in [1.165, 1.54) is 12.3 Å². The van der Waals surface area contributed by atoms with E-state index in [0.29, 0.717) is 10.9 Å². The molecule has 0 bridgehead atoms. The number of hydrogen-bond acceptors (Lipinski definition) is 3. The number of pyridine rings is 1. The normalized spacial score (nSPS) is 9.81. The molecular formula is C12H9NO3. The van der Waals surface area contributed by atoms with Crippen molar-refractivity contribution in [3.63, 3.8) is 0 Å². The number of aromatic nitrogens is 1. The summed E-state index contributed by atoms with van der Waals surface area (Å²) in [6.45, 7) is 1.93. The first-order chi connectivity index (χ1) is 7.74. The minimum atomic E-state index is -0.613. The van der Waals surface area contributed by atoms with Crippen molar-refractivity contribution in [1.82, 2.24) is 4.98 Å². The fourth-order valence-corrected chi connectivity index (χ4v) is 1.41. The molecule has 2 aromatic rings. The molecule has 0 spiro atoms. The second-order valence-electron chi connectivity index (χ2n) is 3.16. The van der Waals surface area contributed by atoms with Gasteiger partial charge in [-0.15, -0.1) is 0 Å². The van der Waals surface area contributed by atoms with Gasteiger partial charge < -0.3 is 9.72 Å². The maximum absolute atomic E-state index is 11.9. The summed E-state index contributed by atoms with van der Waals surface area (Å²) in [4.78, 5) is 26.2. The number of carbonyl (C=O) groups excluding carboxylic acids is 1. The average Bonchev–Trinajstić information content (AvgIpc) is 2.30. The van der Waals surface area contributed by atoms with Crippen LogP contribution in [0.5, 0.6) is 0 Å². The lowest BCUT2D eigenvalue weighted by Gasteiger charge is -2.01. The molecule has 0 unspecified atom stereocenters. The molecule has 1 heterocycles. The number of carbonyl (C=O) groups is 1. The molecule has 0 atom stereocenters. The molecule has 1 aromatic carbocycles. The van der Waals surface area contributed by atoms with Crippen molar-refractivity contribution in [3.8, 4) is 0 Å². The lowest BCUT2D eigenvalue weighted by atomic mass is 10.2. The Morgan fingerprint density at radius 2 is 2.19 bits per heavy atom. The van der Waals surface area contributed by atoms with E-state index in [1.54, 1.807) is 13.0 Å². The zero-order valence-corrected chi connectivity index (χ0v) is 8.66. The van der Waals surface area contributed by atoms with E-state index < -0.39 is 5.97 Å². The van der Waals surface area contributed by atoms with Gasteiger partial charge in [0, 0.05) is 18.3 Å². The highest BCUT2D eigenvalue weighted by Crippen LogP contribution is 2.05.